The highest BCUT2D eigenvalue weighted by Gasteiger charge is 2.17. The number of nitrogens with zero attached hydrogens (tertiary/aromatic N) is 1. The smallest absolute Gasteiger partial charge is 0.246 e. The number of nitrogens with one attached hydrogen (secondary N) is 1. The summed E-state index contributed by atoms with van der Waals surface area (Å²) in [5, 5.41) is 4.62. The lowest BCUT2D eigenvalue weighted by molar-refractivity contribution is -0.117. The summed E-state index contributed by atoms with van der Waals surface area (Å²) in [6.07, 6.45) is 1.64. The summed E-state index contributed by atoms with van der Waals surface area (Å²) >= 11 is 4.72. The minimum absolute atomic E-state index is 0.249. The number of amides is 1. The third kappa shape index (κ3) is 2.91. The maximum Gasteiger partial charge on any atom is 0.246 e. The summed E-state index contributed by atoms with van der Waals surface area (Å²) in [4.78, 5) is 16.7. The van der Waals surface area contributed by atoms with Crippen LogP contribution in [0.2, 0.25) is 0 Å². The first-order chi connectivity index (χ1) is 8.18. The van der Waals surface area contributed by atoms with Crippen LogP contribution in [0.1, 0.15) is 10.9 Å². The van der Waals surface area contributed by atoms with Crippen molar-refractivity contribution in [2.24, 2.45) is 5.73 Å². The van der Waals surface area contributed by atoms with Crippen molar-refractivity contribution in [2.75, 3.05) is 5.32 Å². The van der Waals surface area contributed by atoms with Crippen LogP contribution in [-0.4, -0.2) is 10.9 Å². The zero-order valence-corrected chi connectivity index (χ0v) is 11.2. The normalized spacial score (nSPS) is 12.1. The molecule has 1 atom stereocenters. The molecule has 4 nitrogen and oxygen atoms in total. The molecule has 17 heavy (non-hydrogen) atoms. The predicted octanol–water partition coefficient (Wildman–Crippen LogP) is 2.54. The number of nitrogens with two attached hydrogens (primary N) is 1. The van der Waals surface area contributed by atoms with Crippen LogP contribution in [0.3, 0.4) is 0 Å². The van der Waals surface area contributed by atoms with Gasteiger partial charge in [-0.1, -0.05) is 6.07 Å². The lowest BCUT2D eigenvalue weighted by Crippen LogP contribution is -2.27. The average Bonchev–Trinajstić information content (AvgIpc) is 2.84. The Bertz CT molecular complexity index is 515. The fraction of sp³-hybridized carbons (Fsp3) is 0.0909. The molecule has 0 aliphatic rings. The Morgan fingerprint density at radius 2 is 2.29 bits per heavy atom. The fourth-order valence-electron chi connectivity index (χ4n) is 1.29. The van der Waals surface area contributed by atoms with Crippen LogP contribution in [0.25, 0.3) is 0 Å². The minimum atomic E-state index is -0.651. The molecule has 1 amide bonds. The molecule has 0 aromatic carbocycles. The van der Waals surface area contributed by atoms with Crippen LogP contribution in [0, 0.1) is 0 Å². The SMILES string of the molecule is NC(C(=O)Nc1cccnc1Br)c1cccs1. The maximum absolute atomic E-state index is 11.9. The number of aromatic nitrogens is 1. The van der Waals surface area contributed by atoms with Crippen LogP contribution in [-0.2, 0) is 4.79 Å². The molecule has 0 fully saturated rings. The lowest BCUT2D eigenvalue weighted by Gasteiger charge is -2.11. The van der Waals surface area contributed by atoms with Gasteiger partial charge in [0.1, 0.15) is 10.6 Å². The summed E-state index contributed by atoms with van der Waals surface area (Å²) < 4.78 is 0.590. The molecular formula is C11H10BrN3OS. The summed E-state index contributed by atoms with van der Waals surface area (Å²) in [5.41, 5.74) is 6.46. The highest BCUT2D eigenvalue weighted by Crippen LogP contribution is 2.22. The number of hydrogen-bond donors (Lipinski definition) is 2. The summed E-state index contributed by atoms with van der Waals surface area (Å²) in [6.45, 7) is 0. The van der Waals surface area contributed by atoms with Gasteiger partial charge in [-0.15, -0.1) is 11.3 Å². The zero-order chi connectivity index (χ0) is 12.3. The van der Waals surface area contributed by atoms with Crippen molar-refractivity contribution in [1.82, 2.24) is 4.98 Å². The summed E-state index contributed by atoms with van der Waals surface area (Å²) in [5.74, 6) is -0.249. The van der Waals surface area contributed by atoms with Crippen LogP contribution >= 0.6 is 27.3 Å². The van der Waals surface area contributed by atoms with E-state index in [1.807, 2.05) is 17.5 Å². The molecule has 0 bridgehead atoms. The third-order valence-electron chi connectivity index (χ3n) is 2.15. The van der Waals surface area contributed by atoms with E-state index in [1.165, 1.54) is 11.3 Å². The second-order valence-corrected chi connectivity index (χ2v) is 5.05. The third-order valence-corrected chi connectivity index (χ3v) is 3.74. The second-order valence-electron chi connectivity index (χ2n) is 3.32. The van der Waals surface area contributed by atoms with Crippen molar-refractivity contribution in [2.45, 2.75) is 6.04 Å². The molecule has 0 spiro atoms. The van der Waals surface area contributed by atoms with Crippen molar-refractivity contribution in [3.05, 3.63) is 45.3 Å². The van der Waals surface area contributed by atoms with Crippen molar-refractivity contribution >= 4 is 38.9 Å². The van der Waals surface area contributed by atoms with Crippen molar-refractivity contribution in [3.8, 4) is 0 Å². The van der Waals surface area contributed by atoms with E-state index >= 15 is 0 Å². The Morgan fingerprint density at radius 1 is 1.47 bits per heavy atom. The number of hydrogen-bond acceptors (Lipinski definition) is 4. The fourth-order valence-corrected chi connectivity index (χ4v) is 2.36. The number of anilines is 1. The molecule has 3 N–H and O–H groups in total. The van der Waals surface area contributed by atoms with Crippen LogP contribution in [0.15, 0.2) is 40.4 Å². The molecular weight excluding hydrogens is 302 g/mol. The van der Waals surface area contributed by atoms with E-state index in [2.05, 4.69) is 26.2 Å². The van der Waals surface area contributed by atoms with Crippen molar-refractivity contribution in [3.63, 3.8) is 0 Å². The molecule has 6 heteroatoms. The molecule has 0 aliphatic carbocycles. The number of rotatable bonds is 3. The molecule has 2 aromatic rings. The monoisotopic (exact) mass is 311 g/mol. The topological polar surface area (TPSA) is 68.0 Å². The van der Waals surface area contributed by atoms with Gasteiger partial charge >= 0.3 is 0 Å². The van der Waals surface area contributed by atoms with Gasteiger partial charge < -0.3 is 11.1 Å². The van der Waals surface area contributed by atoms with Crippen molar-refractivity contribution < 1.29 is 4.79 Å². The molecule has 0 saturated carbocycles. The Hall–Kier alpha value is -1.24. The Kier molecular flexibility index (Phi) is 3.88. The van der Waals surface area contributed by atoms with Gasteiger partial charge in [0.05, 0.1) is 5.69 Å². The number of pyridine rings is 1. The maximum atomic E-state index is 11.9. The highest BCUT2D eigenvalue weighted by molar-refractivity contribution is 9.10. The quantitative estimate of drug-likeness (QED) is 0.856. The van der Waals surface area contributed by atoms with E-state index in [4.69, 9.17) is 5.73 Å². The van der Waals surface area contributed by atoms with E-state index in [9.17, 15) is 4.79 Å². The second kappa shape index (κ2) is 5.39. The first-order valence-electron chi connectivity index (χ1n) is 4.89. The average molecular weight is 312 g/mol. The van der Waals surface area contributed by atoms with Gasteiger partial charge in [0, 0.05) is 11.1 Å². The van der Waals surface area contributed by atoms with Gasteiger partial charge in [-0.3, -0.25) is 4.79 Å². The summed E-state index contributed by atoms with van der Waals surface area (Å²) in [7, 11) is 0. The zero-order valence-electron chi connectivity index (χ0n) is 8.76. The number of thiophene rings is 1. The minimum Gasteiger partial charge on any atom is -0.322 e. The lowest BCUT2D eigenvalue weighted by atomic mass is 10.2. The Balaban J connectivity index is 2.10. The van der Waals surface area contributed by atoms with Gasteiger partial charge in [-0.25, -0.2) is 4.98 Å². The van der Waals surface area contributed by atoms with Crippen LogP contribution in [0.4, 0.5) is 5.69 Å². The van der Waals surface area contributed by atoms with Gasteiger partial charge in [-0.05, 0) is 39.5 Å². The molecule has 0 aliphatic heterocycles. The van der Waals surface area contributed by atoms with E-state index in [0.717, 1.165) is 4.88 Å². The van der Waals surface area contributed by atoms with Gasteiger partial charge in [0.15, 0.2) is 0 Å². The molecule has 1 unspecified atom stereocenters. The van der Waals surface area contributed by atoms with Gasteiger partial charge in [-0.2, -0.15) is 0 Å². The first kappa shape index (κ1) is 12.2. The Morgan fingerprint density at radius 3 is 2.94 bits per heavy atom. The van der Waals surface area contributed by atoms with Crippen LogP contribution in [0.5, 0.6) is 0 Å². The predicted molar refractivity (Wildman–Crippen MR) is 71.8 cm³/mol. The number of carbonyl (C=O) groups excluding carboxylic acids is 1. The highest BCUT2D eigenvalue weighted by atomic mass is 79.9. The van der Waals surface area contributed by atoms with E-state index in [-0.39, 0.29) is 5.91 Å². The summed E-state index contributed by atoms with van der Waals surface area (Å²) in [6, 6.07) is 6.56. The molecule has 2 rings (SSSR count). The van der Waals surface area contributed by atoms with Crippen LogP contribution < -0.4 is 11.1 Å². The number of carbonyl (C=O) groups is 1. The number of halogens is 1. The van der Waals surface area contributed by atoms with Gasteiger partial charge in [0.2, 0.25) is 5.91 Å². The first-order valence-corrected chi connectivity index (χ1v) is 6.56. The standard InChI is InChI=1S/C11H10BrN3OS/c12-10-7(3-1-5-14-10)15-11(16)9(13)8-4-2-6-17-8/h1-6,9H,13H2,(H,15,16). The van der Waals surface area contributed by atoms with E-state index in [0.29, 0.717) is 10.3 Å². The van der Waals surface area contributed by atoms with Crippen molar-refractivity contribution in [1.29, 1.82) is 0 Å². The molecule has 88 valence electrons. The van der Waals surface area contributed by atoms with Gasteiger partial charge in [0.25, 0.3) is 0 Å². The van der Waals surface area contributed by atoms with E-state index in [1.54, 1.807) is 18.3 Å². The molecule has 0 radical (unpaired) electrons. The Labute approximate surface area is 111 Å². The largest absolute Gasteiger partial charge is 0.322 e. The van der Waals surface area contributed by atoms with E-state index < -0.39 is 6.04 Å². The molecule has 0 saturated heterocycles. The molecule has 2 heterocycles. The molecule has 2 aromatic heterocycles.